The molecular weight excluding hydrogens is 462 g/mol. The van der Waals surface area contributed by atoms with Crippen LogP contribution in [0, 0.1) is 0 Å². The van der Waals surface area contributed by atoms with Crippen molar-refractivity contribution in [1.29, 1.82) is 0 Å². The fourth-order valence-corrected chi connectivity index (χ4v) is 4.47. The Balaban J connectivity index is 1.27. The topological polar surface area (TPSA) is 95.6 Å². The van der Waals surface area contributed by atoms with E-state index in [0.717, 1.165) is 0 Å². The van der Waals surface area contributed by atoms with Crippen LogP contribution in [0.15, 0.2) is 90.3 Å². The van der Waals surface area contributed by atoms with E-state index in [9.17, 15) is 19.2 Å². The predicted octanol–water partition coefficient (Wildman–Crippen LogP) is 5.05. The molecule has 35 heavy (non-hydrogen) atoms. The average molecular weight is 482 g/mol. The van der Waals surface area contributed by atoms with Crippen LogP contribution < -0.4 is 10.6 Å². The van der Waals surface area contributed by atoms with Gasteiger partial charge >= 0.3 is 0 Å². The molecule has 4 aromatic rings. The Hall–Kier alpha value is -4.56. The molecule has 0 fully saturated rings. The fourth-order valence-electron chi connectivity index (χ4n) is 3.85. The lowest BCUT2D eigenvalue weighted by Crippen LogP contribution is -2.29. The lowest BCUT2D eigenvalue weighted by atomic mass is 10.1. The SMILES string of the molecule is O=C(Nc1cccc(NC(=O)c2cccs2)c1)c1cccc(CN2C(=O)c3ccccc3C2=O)c1. The van der Waals surface area contributed by atoms with Crippen LogP contribution in [0.3, 0.4) is 0 Å². The van der Waals surface area contributed by atoms with E-state index in [1.807, 2.05) is 5.38 Å². The Kier molecular flexibility index (Phi) is 5.95. The molecular formula is C27H19N3O4S. The second-order valence-corrected chi connectivity index (χ2v) is 8.86. The predicted molar refractivity (Wildman–Crippen MR) is 134 cm³/mol. The van der Waals surface area contributed by atoms with Crippen molar-refractivity contribution in [1.82, 2.24) is 4.90 Å². The molecule has 1 aliphatic heterocycles. The number of carbonyl (C=O) groups excluding carboxylic acids is 4. The summed E-state index contributed by atoms with van der Waals surface area (Å²) in [6.45, 7) is 0.0672. The normalized spacial score (nSPS) is 12.4. The maximum atomic E-state index is 12.9. The minimum absolute atomic E-state index is 0.0672. The number of amides is 4. The molecule has 0 radical (unpaired) electrons. The Morgan fingerprint density at radius 1 is 0.714 bits per heavy atom. The molecule has 4 amide bonds. The third kappa shape index (κ3) is 4.60. The molecule has 0 saturated carbocycles. The molecule has 0 unspecified atom stereocenters. The number of benzene rings is 3. The minimum atomic E-state index is -0.351. The average Bonchev–Trinajstić information content (AvgIpc) is 3.49. The van der Waals surface area contributed by atoms with Crippen molar-refractivity contribution in [3.8, 4) is 0 Å². The minimum Gasteiger partial charge on any atom is -0.322 e. The van der Waals surface area contributed by atoms with Crippen molar-refractivity contribution >= 4 is 46.3 Å². The van der Waals surface area contributed by atoms with Crippen molar-refractivity contribution in [3.63, 3.8) is 0 Å². The van der Waals surface area contributed by atoms with Gasteiger partial charge < -0.3 is 10.6 Å². The van der Waals surface area contributed by atoms with E-state index in [0.29, 0.717) is 38.5 Å². The molecule has 7 nitrogen and oxygen atoms in total. The smallest absolute Gasteiger partial charge is 0.265 e. The summed E-state index contributed by atoms with van der Waals surface area (Å²) in [6.07, 6.45) is 0. The monoisotopic (exact) mass is 481 g/mol. The zero-order chi connectivity index (χ0) is 24.4. The number of hydrogen-bond acceptors (Lipinski definition) is 5. The number of thiophene rings is 1. The summed E-state index contributed by atoms with van der Waals surface area (Å²) < 4.78 is 0. The molecule has 1 aliphatic rings. The van der Waals surface area contributed by atoms with Gasteiger partial charge in [-0.3, -0.25) is 24.1 Å². The maximum absolute atomic E-state index is 12.9. The fraction of sp³-hybridized carbons (Fsp3) is 0.0370. The van der Waals surface area contributed by atoms with Gasteiger partial charge in [-0.2, -0.15) is 0 Å². The Labute approximate surface area is 205 Å². The number of fused-ring (bicyclic) bond motifs is 1. The number of imide groups is 1. The number of hydrogen-bond donors (Lipinski definition) is 2. The standard InChI is InChI=1S/C27H19N3O4S/c31-24(28-19-8-4-9-20(15-19)29-25(32)23-12-5-13-35-23)18-7-3-6-17(14-18)16-30-26(33)21-10-1-2-11-22(21)27(30)34/h1-15H,16H2,(H,28,31)(H,29,32). The van der Waals surface area contributed by atoms with Gasteiger partial charge in [-0.15, -0.1) is 11.3 Å². The number of anilines is 2. The molecule has 0 aliphatic carbocycles. The Morgan fingerprint density at radius 3 is 2.03 bits per heavy atom. The molecule has 2 heterocycles. The number of nitrogens with zero attached hydrogens (tertiary/aromatic N) is 1. The van der Waals surface area contributed by atoms with E-state index in [1.165, 1.54) is 16.2 Å². The van der Waals surface area contributed by atoms with Gasteiger partial charge in [0.25, 0.3) is 23.6 Å². The van der Waals surface area contributed by atoms with Crippen LogP contribution in [0.2, 0.25) is 0 Å². The number of rotatable bonds is 6. The van der Waals surface area contributed by atoms with Crippen LogP contribution in [-0.2, 0) is 6.54 Å². The Morgan fingerprint density at radius 2 is 1.37 bits per heavy atom. The van der Waals surface area contributed by atoms with Crippen molar-refractivity contribution in [2.24, 2.45) is 0 Å². The zero-order valence-corrected chi connectivity index (χ0v) is 19.2. The zero-order valence-electron chi connectivity index (χ0n) is 18.4. The first-order chi connectivity index (χ1) is 17.0. The van der Waals surface area contributed by atoms with Gasteiger partial charge in [0.05, 0.1) is 22.5 Å². The molecule has 0 bridgehead atoms. The first-order valence-corrected chi connectivity index (χ1v) is 11.7. The highest BCUT2D eigenvalue weighted by Crippen LogP contribution is 2.25. The highest BCUT2D eigenvalue weighted by Gasteiger charge is 2.35. The first-order valence-electron chi connectivity index (χ1n) is 10.8. The van der Waals surface area contributed by atoms with E-state index in [4.69, 9.17) is 0 Å². The van der Waals surface area contributed by atoms with Crippen molar-refractivity contribution in [2.45, 2.75) is 6.54 Å². The molecule has 0 saturated heterocycles. The first kappa shape index (κ1) is 22.2. The third-order valence-electron chi connectivity index (χ3n) is 5.53. The summed E-state index contributed by atoms with van der Waals surface area (Å²) in [6, 6.07) is 23.9. The van der Waals surface area contributed by atoms with Gasteiger partial charge in [-0.05, 0) is 59.5 Å². The van der Waals surface area contributed by atoms with E-state index in [-0.39, 0.29) is 30.2 Å². The molecule has 0 spiro atoms. The molecule has 5 rings (SSSR count). The van der Waals surface area contributed by atoms with Gasteiger partial charge in [0.1, 0.15) is 0 Å². The summed E-state index contributed by atoms with van der Waals surface area (Å²) in [7, 11) is 0. The highest BCUT2D eigenvalue weighted by molar-refractivity contribution is 7.12. The van der Waals surface area contributed by atoms with Gasteiger partial charge in [0, 0.05) is 16.9 Å². The van der Waals surface area contributed by atoms with Crippen molar-refractivity contribution < 1.29 is 19.2 Å². The van der Waals surface area contributed by atoms with Crippen molar-refractivity contribution in [2.75, 3.05) is 10.6 Å². The lowest BCUT2D eigenvalue weighted by Gasteiger charge is -2.14. The van der Waals surface area contributed by atoms with Crippen LogP contribution in [0.25, 0.3) is 0 Å². The van der Waals surface area contributed by atoms with Crippen LogP contribution >= 0.6 is 11.3 Å². The second-order valence-electron chi connectivity index (χ2n) is 7.91. The van der Waals surface area contributed by atoms with E-state index < -0.39 is 0 Å². The largest absolute Gasteiger partial charge is 0.322 e. The van der Waals surface area contributed by atoms with E-state index in [2.05, 4.69) is 10.6 Å². The van der Waals surface area contributed by atoms with Crippen LogP contribution in [0.4, 0.5) is 11.4 Å². The van der Waals surface area contributed by atoms with Crippen molar-refractivity contribution in [3.05, 3.63) is 117 Å². The van der Waals surface area contributed by atoms with E-state index in [1.54, 1.807) is 84.9 Å². The van der Waals surface area contributed by atoms with Crippen LogP contribution in [0.1, 0.15) is 46.3 Å². The molecule has 3 aromatic carbocycles. The quantitative estimate of drug-likeness (QED) is 0.377. The molecule has 1 aromatic heterocycles. The molecule has 0 atom stereocenters. The third-order valence-corrected chi connectivity index (χ3v) is 6.40. The van der Waals surface area contributed by atoms with Gasteiger partial charge in [-0.1, -0.05) is 36.4 Å². The summed E-state index contributed by atoms with van der Waals surface area (Å²) >= 11 is 1.34. The summed E-state index contributed by atoms with van der Waals surface area (Å²) in [5.41, 5.74) is 2.89. The van der Waals surface area contributed by atoms with Gasteiger partial charge in [0.15, 0.2) is 0 Å². The second kappa shape index (κ2) is 9.36. The molecule has 2 N–H and O–H groups in total. The highest BCUT2D eigenvalue weighted by atomic mass is 32.1. The summed E-state index contributed by atoms with van der Waals surface area (Å²) in [5.74, 6) is -1.26. The number of nitrogens with one attached hydrogen (secondary N) is 2. The van der Waals surface area contributed by atoms with Crippen LogP contribution in [-0.4, -0.2) is 28.5 Å². The van der Waals surface area contributed by atoms with Gasteiger partial charge in [-0.25, -0.2) is 0 Å². The number of carbonyl (C=O) groups is 4. The lowest BCUT2D eigenvalue weighted by molar-refractivity contribution is 0.0642. The van der Waals surface area contributed by atoms with Crippen LogP contribution in [0.5, 0.6) is 0 Å². The molecule has 8 heteroatoms. The van der Waals surface area contributed by atoms with E-state index >= 15 is 0 Å². The Bertz CT molecular complexity index is 1430. The summed E-state index contributed by atoms with van der Waals surface area (Å²) in [4.78, 5) is 52.3. The van der Waals surface area contributed by atoms with Gasteiger partial charge in [0.2, 0.25) is 0 Å². The summed E-state index contributed by atoms with van der Waals surface area (Å²) in [5, 5.41) is 7.47. The maximum Gasteiger partial charge on any atom is 0.265 e. The molecule has 172 valence electrons.